The van der Waals surface area contributed by atoms with Crippen LogP contribution < -0.4 is 38.1 Å². The molecular weight excluding hydrogens is 1100 g/mol. The molecular formula is C61H83N9O15. The number of nitrogens with one attached hydrogen (secondary N) is 5. The minimum absolute atomic E-state index is 0.0191. The highest BCUT2D eigenvalue weighted by atomic mass is 16.6. The number of esters is 3. The predicted molar refractivity (Wildman–Crippen MR) is 309 cm³/mol. The molecule has 0 radical (unpaired) electrons. The zero-order valence-electron chi connectivity index (χ0n) is 49.4. The SMILES string of the molecule is CC[C@H](C)[C@H](NC(=O)CCCCCN1C(=O)C=CC1=O)C(=O)N[C@@H](Cc1ccccc1)C(=O)N[C@@H](CCCN=C(N)N)C(=O)N[C@@H](C)C(=O)N[C@H]1C(=O)OC[C@]23CCC(C)=CC2O[C@@H]2C[C@@H](OC(=O)/C=C\C=C\C(=O)OCC[C@H]1C)[C@@]3(C)[C@]21CO1. The Morgan fingerprint density at radius 2 is 1.48 bits per heavy atom. The van der Waals surface area contributed by atoms with E-state index in [2.05, 4.69) is 31.6 Å². The van der Waals surface area contributed by atoms with E-state index in [1.54, 1.807) is 44.2 Å². The van der Waals surface area contributed by atoms with Crippen LogP contribution in [-0.2, 0) is 78.1 Å². The van der Waals surface area contributed by atoms with Crippen LogP contribution in [0.3, 0.4) is 0 Å². The van der Waals surface area contributed by atoms with E-state index in [-0.39, 0.29) is 82.1 Å². The van der Waals surface area contributed by atoms with Crippen molar-refractivity contribution in [3.8, 4) is 0 Å². The maximum Gasteiger partial charge on any atom is 0.331 e. The van der Waals surface area contributed by atoms with E-state index in [1.807, 2.05) is 26.8 Å². The van der Waals surface area contributed by atoms with Crippen LogP contribution in [0.15, 0.2) is 83.4 Å². The summed E-state index contributed by atoms with van der Waals surface area (Å²) in [5, 5.41) is 13.9. The van der Waals surface area contributed by atoms with Crippen LogP contribution >= 0.6 is 0 Å². The summed E-state index contributed by atoms with van der Waals surface area (Å²) in [5.41, 5.74) is 10.3. The number of imide groups is 1. The van der Waals surface area contributed by atoms with Gasteiger partial charge in [-0.2, -0.15) is 0 Å². The number of nitrogens with two attached hydrogens (primary N) is 2. The van der Waals surface area contributed by atoms with Gasteiger partial charge in [0, 0.05) is 62.1 Å². The lowest BCUT2D eigenvalue weighted by molar-refractivity contribution is -0.233. The van der Waals surface area contributed by atoms with Gasteiger partial charge in [-0.25, -0.2) is 14.4 Å². The first-order valence-corrected chi connectivity index (χ1v) is 29.5. The number of unbranched alkanes of at least 4 members (excludes halogenated alkanes) is 2. The van der Waals surface area contributed by atoms with Crippen molar-refractivity contribution in [1.29, 1.82) is 0 Å². The minimum Gasteiger partial charge on any atom is -0.463 e. The van der Waals surface area contributed by atoms with Crippen molar-refractivity contribution >= 4 is 65.2 Å². The molecule has 2 bridgehead atoms. The number of aliphatic imine (C=N–C) groups is 1. The summed E-state index contributed by atoms with van der Waals surface area (Å²) < 4.78 is 30.9. The first-order chi connectivity index (χ1) is 40.5. The lowest BCUT2D eigenvalue weighted by Crippen LogP contribution is -2.67. The van der Waals surface area contributed by atoms with Gasteiger partial charge in [-0.1, -0.05) is 94.7 Å². The molecule has 7 rings (SSSR count). The Morgan fingerprint density at radius 3 is 2.16 bits per heavy atom. The second-order valence-corrected chi connectivity index (χ2v) is 23.4. The van der Waals surface area contributed by atoms with Crippen molar-refractivity contribution in [2.45, 2.75) is 173 Å². The molecule has 2 aliphatic carbocycles. The number of carbonyl (C=O) groups is 10. The fourth-order valence-electron chi connectivity index (χ4n) is 12.2. The Morgan fingerprint density at radius 1 is 0.800 bits per heavy atom. The highest BCUT2D eigenvalue weighted by Gasteiger charge is 2.83. The molecule has 1 aromatic rings. The number of carbonyl (C=O) groups excluding carboxylic acids is 10. The number of epoxide rings is 1. The van der Waals surface area contributed by atoms with Gasteiger partial charge in [0.05, 0.1) is 30.8 Å². The molecule has 1 aromatic carbocycles. The van der Waals surface area contributed by atoms with Gasteiger partial charge in [0.2, 0.25) is 29.5 Å². The monoisotopic (exact) mass is 1180 g/mol. The van der Waals surface area contributed by atoms with Crippen LogP contribution in [0.2, 0.25) is 0 Å². The van der Waals surface area contributed by atoms with Gasteiger partial charge in [-0.15, -0.1) is 0 Å². The number of guanidine groups is 1. The summed E-state index contributed by atoms with van der Waals surface area (Å²) in [7, 11) is 0. The molecule has 3 fully saturated rings. The molecule has 462 valence electrons. The fraction of sp³-hybridized carbons (Fsp3) is 0.590. The number of amides is 7. The van der Waals surface area contributed by atoms with Gasteiger partial charge >= 0.3 is 17.9 Å². The highest BCUT2D eigenvalue weighted by molar-refractivity contribution is 6.12. The molecule has 6 aliphatic rings. The zero-order valence-corrected chi connectivity index (χ0v) is 49.4. The third-order valence-electron chi connectivity index (χ3n) is 17.7. The summed E-state index contributed by atoms with van der Waals surface area (Å²) in [6.07, 6.45) is 11.6. The van der Waals surface area contributed by atoms with Gasteiger partial charge in [0.25, 0.3) is 11.8 Å². The molecule has 2 saturated heterocycles. The smallest absolute Gasteiger partial charge is 0.331 e. The van der Waals surface area contributed by atoms with Crippen molar-refractivity contribution in [1.82, 2.24) is 31.5 Å². The maximum absolute atomic E-state index is 14.7. The van der Waals surface area contributed by atoms with Crippen LogP contribution in [0.25, 0.3) is 0 Å². The quantitative estimate of drug-likeness (QED) is 0.0121. The van der Waals surface area contributed by atoms with Crippen LogP contribution in [0.5, 0.6) is 0 Å². The van der Waals surface area contributed by atoms with Crippen LogP contribution in [0, 0.1) is 22.7 Å². The van der Waals surface area contributed by atoms with Crippen molar-refractivity contribution in [2.75, 3.05) is 32.9 Å². The first-order valence-electron chi connectivity index (χ1n) is 29.5. The van der Waals surface area contributed by atoms with E-state index in [1.165, 1.54) is 37.3 Å². The second kappa shape index (κ2) is 28.9. The van der Waals surface area contributed by atoms with Crippen molar-refractivity contribution in [3.05, 3.63) is 84.0 Å². The summed E-state index contributed by atoms with van der Waals surface area (Å²) in [6, 6.07) is 2.52. The number of benzene rings is 1. The second-order valence-electron chi connectivity index (χ2n) is 23.4. The van der Waals surface area contributed by atoms with E-state index in [0.29, 0.717) is 57.1 Å². The average molecular weight is 1180 g/mol. The molecule has 4 heterocycles. The van der Waals surface area contributed by atoms with Crippen LogP contribution in [-0.4, -0.2) is 157 Å². The standard InChI is InChI=1S/C61H83N9O15/c1-7-37(3)51(68-46(71)20-12-9-15-29-70-47(72)23-24-48(70)73)56(79)67-42(32-40-17-10-8-11-18-40)55(78)66-41(19-16-28-64-58(62)63)54(77)65-39(5)53(76)69-52-38(4)26-30-81-49(74)21-13-14-22-50(75)85-43-33-45-61(35-83-61)59(43,6)60(34-82-57(52)80)27-25-36(2)31-44(60)84-45/h8,10-11,13-14,17-18,21-24,31,37-39,41-45,51-52H,7,9,12,15-16,19-20,25-30,32-35H2,1-6H3,(H,65,77)(H,66,78)(H,67,79)(H,68,71)(H,69,76)(H4,62,63,64)/b21-13+,22-14-/t37-,38+,39-,41-,42-,43+,44?,45+,51-,52+,59+,60+,61-/m0/s1. The summed E-state index contributed by atoms with van der Waals surface area (Å²) in [4.78, 5) is 141. The van der Waals surface area contributed by atoms with E-state index >= 15 is 0 Å². The molecule has 24 heteroatoms. The van der Waals surface area contributed by atoms with Crippen molar-refractivity contribution < 1.29 is 71.6 Å². The Kier molecular flexibility index (Phi) is 22.0. The average Bonchev–Trinajstić information content (AvgIpc) is 1.56. The largest absolute Gasteiger partial charge is 0.463 e. The Balaban J connectivity index is 1.06. The zero-order chi connectivity index (χ0) is 61.6. The molecule has 24 nitrogen and oxygen atoms in total. The van der Waals surface area contributed by atoms with E-state index in [9.17, 15) is 47.9 Å². The number of hydrogen-bond donors (Lipinski definition) is 7. The number of allylic oxidation sites excluding steroid dienone is 3. The van der Waals surface area contributed by atoms with Gasteiger partial charge in [-0.05, 0) is 76.2 Å². The van der Waals surface area contributed by atoms with Gasteiger partial charge in [-0.3, -0.25) is 43.5 Å². The summed E-state index contributed by atoms with van der Waals surface area (Å²) in [5.74, 6) is -7.60. The molecule has 13 atom stereocenters. The topological polar surface area (TPSA) is 348 Å². The van der Waals surface area contributed by atoms with Gasteiger partial charge in [0.15, 0.2) is 5.96 Å². The summed E-state index contributed by atoms with van der Waals surface area (Å²) in [6.45, 7) is 11.0. The number of cyclic esters (lactones) is 2. The van der Waals surface area contributed by atoms with Crippen LogP contribution in [0.4, 0.5) is 0 Å². The normalized spacial score (nSPS) is 28.9. The van der Waals surface area contributed by atoms with E-state index in [0.717, 1.165) is 16.5 Å². The van der Waals surface area contributed by atoms with Crippen LogP contribution in [0.1, 0.15) is 118 Å². The molecule has 4 aliphatic heterocycles. The fourth-order valence-corrected chi connectivity index (χ4v) is 12.2. The number of ether oxygens (including phenoxy) is 5. The Labute approximate surface area is 495 Å². The Hall–Kier alpha value is -7.73. The van der Waals surface area contributed by atoms with Gasteiger partial charge < -0.3 is 61.7 Å². The number of nitrogens with zero attached hydrogens (tertiary/aromatic N) is 2. The molecule has 0 aromatic heterocycles. The lowest BCUT2D eigenvalue weighted by atomic mass is 9.51. The predicted octanol–water partition coefficient (Wildman–Crippen LogP) is 2.08. The third-order valence-corrected chi connectivity index (χ3v) is 17.7. The molecule has 1 unspecified atom stereocenters. The van der Waals surface area contributed by atoms with Crippen molar-refractivity contribution in [3.63, 3.8) is 0 Å². The molecule has 1 saturated carbocycles. The minimum atomic E-state index is -1.35. The van der Waals surface area contributed by atoms with E-state index < -0.39 is 118 Å². The molecule has 85 heavy (non-hydrogen) atoms. The molecule has 9 N–H and O–H groups in total. The summed E-state index contributed by atoms with van der Waals surface area (Å²) >= 11 is 0. The lowest BCUT2D eigenvalue weighted by Gasteiger charge is -2.58. The molecule has 7 amide bonds. The highest BCUT2D eigenvalue weighted by Crippen LogP contribution is 2.72. The Bertz CT molecular complexity index is 2810. The number of hydrogen-bond acceptors (Lipinski definition) is 16. The third kappa shape index (κ3) is 15.6. The van der Waals surface area contributed by atoms with E-state index in [4.69, 9.17) is 35.2 Å². The molecule has 2 spiro atoms. The number of rotatable bonds is 23. The maximum atomic E-state index is 14.7. The van der Waals surface area contributed by atoms with Crippen molar-refractivity contribution in [2.24, 2.45) is 39.1 Å². The van der Waals surface area contributed by atoms with Gasteiger partial charge in [0.1, 0.15) is 48.5 Å². The first kappa shape index (κ1) is 64.8.